The molecule has 0 aromatic carbocycles. The summed E-state index contributed by atoms with van der Waals surface area (Å²) >= 11 is 6.52. The molecule has 1 saturated carbocycles. The Morgan fingerprint density at radius 2 is 1.86 bits per heavy atom. The van der Waals surface area contributed by atoms with Gasteiger partial charge in [-0.3, -0.25) is 19.2 Å². The molecule has 4 heterocycles. The Morgan fingerprint density at radius 3 is 2.56 bits per heavy atom. The lowest BCUT2D eigenvalue weighted by Crippen LogP contribution is -2.62. The predicted molar refractivity (Wildman–Crippen MR) is 140 cm³/mol. The Kier molecular flexibility index (Phi) is 7.28. The molecule has 0 spiro atoms. The van der Waals surface area contributed by atoms with Crippen LogP contribution in [0, 0.1) is 5.82 Å². The van der Waals surface area contributed by atoms with Crippen LogP contribution in [0.4, 0.5) is 4.39 Å². The van der Waals surface area contributed by atoms with Crippen LogP contribution in [0.1, 0.15) is 56.3 Å². The maximum atomic E-state index is 14.6. The van der Waals surface area contributed by atoms with E-state index in [0.717, 1.165) is 39.0 Å². The van der Waals surface area contributed by atoms with Gasteiger partial charge in [-0.2, -0.15) is 0 Å². The summed E-state index contributed by atoms with van der Waals surface area (Å²) in [6, 6.07) is 5.07. The molecule has 1 saturated heterocycles. The fourth-order valence-corrected chi connectivity index (χ4v) is 6.11. The first-order valence-corrected chi connectivity index (χ1v) is 13.3. The fraction of sp³-hybridized carbons (Fsp3) is 0.519. The van der Waals surface area contributed by atoms with Gasteiger partial charge in [-0.1, -0.05) is 30.9 Å². The van der Waals surface area contributed by atoms with Crippen LogP contribution in [0.3, 0.4) is 0 Å². The van der Waals surface area contributed by atoms with Crippen LogP contribution in [-0.4, -0.2) is 74.5 Å². The van der Waals surface area contributed by atoms with Gasteiger partial charge in [0.2, 0.25) is 0 Å². The van der Waals surface area contributed by atoms with Crippen molar-refractivity contribution < 1.29 is 9.18 Å². The highest BCUT2D eigenvalue weighted by molar-refractivity contribution is 6.36. The highest BCUT2D eigenvalue weighted by atomic mass is 35.5. The van der Waals surface area contributed by atoms with E-state index in [2.05, 4.69) is 38.9 Å². The molecule has 0 bridgehead atoms. The van der Waals surface area contributed by atoms with Crippen LogP contribution in [-0.2, 0) is 0 Å². The van der Waals surface area contributed by atoms with E-state index in [4.69, 9.17) is 11.6 Å². The average Bonchev–Trinajstić information content (AvgIpc) is 3.29. The van der Waals surface area contributed by atoms with Crippen molar-refractivity contribution in [1.29, 1.82) is 0 Å². The number of rotatable bonds is 6. The van der Waals surface area contributed by atoms with Crippen molar-refractivity contribution in [2.75, 3.05) is 32.7 Å². The van der Waals surface area contributed by atoms with Crippen LogP contribution < -0.4 is 5.32 Å². The number of aromatic nitrogens is 3. The molecule has 5 rings (SSSR count). The number of piperazine rings is 1. The zero-order valence-corrected chi connectivity index (χ0v) is 21.8. The first-order valence-electron chi connectivity index (χ1n) is 12.9. The van der Waals surface area contributed by atoms with Crippen LogP contribution in [0.15, 0.2) is 36.8 Å². The summed E-state index contributed by atoms with van der Waals surface area (Å²) in [6.45, 7) is 9.22. The van der Waals surface area contributed by atoms with Crippen molar-refractivity contribution in [3.8, 4) is 5.82 Å². The number of fused-ring (bicyclic) bond motifs is 1. The molecular weight excluding hydrogens is 479 g/mol. The molecular formula is C27H34ClFN6O. The maximum absolute atomic E-state index is 14.6. The molecule has 0 radical (unpaired) electrons. The number of carbonyl (C=O) groups is 1. The van der Waals surface area contributed by atoms with E-state index in [-0.39, 0.29) is 17.3 Å². The topological polar surface area (TPSA) is 66.3 Å². The largest absolute Gasteiger partial charge is 0.350 e. The smallest absolute Gasteiger partial charge is 0.253 e. The average molecular weight is 513 g/mol. The highest BCUT2D eigenvalue weighted by Crippen LogP contribution is 2.35. The van der Waals surface area contributed by atoms with Crippen LogP contribution in [0.25, 0.3) is 16.9 Å². The summed E-state index contributed by atoms with van der Waals surface area (Å²) in [5, 5.41) is 4.14. The molecule has 1 aliphatic carbocycles. The zero-order valence-electron chi connectivity index (χ0n) is 21.0. The Hall–Kier alpha value is -2.55. The Morgan fingerprint density at radius 1 is 1.11 bits per heavy atom. The number of carbonyl (C=O) groups excluding carboxylic acids is 1. The minimum absolute atomic E-state index is 0.0372. The second-order valence-electron chi connectivity index (χ2n) is 10.3. The summed E-state index contributed by atoms with van der Waals surface area (Å²) in [5.74, 6) is -0.635. The maximum Gasteiger partial charge on any atom is 0.253 e. The summed E-state index contributed by atoms with van der Waals surface area (Å²) in [5.41, 5.74) is 0.746. The van der Waals surface area contributed by atoms with Crippen molar-refractivity contribution in [2.24, 2.45) is 0 Å². The lowest BCUT2D eigenvalue weighted by Gasteiger charge is -2.50. The highest BCUT2D eigenvalue weighted by Gasteiger charge is 2.40. The van der Waals surface area contributed by atoms with Gasteiger partial charge in [-0.25, -0.2) is 14.4 Å². The molecule has 36 heavy (non-hydrogen) atoms. The minimum atomic E-state index is -0.496. The number of hydrogen-bond acceptors (Lipinski definition) is 5. The normalized spacial score (nSPS) is 19.1. The van der Waals surface area contributed by atoms with Gasteiger partial charge < -0.3 is 5.32 Å². The third-order valence-electron chi connectivity index (χ3n) is 7.93. The van der Waals surface area contributed by atoms with Crippen molar-refractivity contribution >= 4 is 28.5 Å². The first-order chi connectivity index (χ1) is 17.4. The number of halogens is 2. The Balaban J connectivity index is 1.41. The van der Waals surface area contributed by atoms with Crippen molar-refractivity contribution in [3.63, 3.8) is 0 Å². The Bertz CT molecular complexity index is 1230. The number of pyridine rings is 2. The summed E-state index contributed by atoms with van der Waals surface area (Å²) in [4.78, 5) is 27.3. The van der Waals surface area contributed by atoms with Gasteiger partial charge in [0.05, 0.1) is 16.0 Å². The molecule has 0 atom stereocenters. The van der Waals surface area contributed by atoms with Gasteiger partial charge in [0.1, 0.15) is 5.65 Å². The zero-order chi connectivity index (χ0) is 25.3. The Labute approximate surface area is 216 Å². The summed E-state index contributed by atoms with van der Waals surface area (Å²) in [6.07, 6.45) is 10.4. The lowest BCUT2D eigenvalue weighted by atomic mass is 9.79. The first kappa shape index (κ1) is 25.1. The molecule has 3 aromatic rings. The van der Waals surface area contributed by atoms with Gasteiger partial charge in [0, 0.05) is 62.9 Å². The van der Waals surface area contributed by atoms with Crippen molar-refractivity contribution in [1.82, 2.24) is 29.7 Å². The second-order valence-corrected chi connectivity index (χ2v) is 10.7. The second kappa shape index (κ2) is 10.4. The molecule has 1 N–H and O–H groups in total. The molecule has 192 valence electrons. The van der Waals surface area contributed by atoms with Crippen LogP contribution in [0.2, 0.25) is 5.02 Å². The van der Waals surface area contributed by atoms with Crippen molar-refractivity contribution in [2.45, 2.75) is 57.5 Å². The number of hydrogen-bond donors (Lipinski definition) is 1. The lowest BCUT2D eigenvalue weighted by molar-refractivity contribution is 0.000839. The third kappa shape index (κ3) is 4.74. The standard InChI is InChI=1S/C27H34ClFN6O/c1-19(2)33-13-15-34(16-14-33)27(9-4-3-5-10-27)18-32-26(36)20-17-35(24-22(29)7-6-11-30-24)25-23(20)21(28)8-12-31-25/h6-8,11-12,17,19H,3-5,9-10,13-16,18H2,1-2H3,(H,32,36). The van der Waals surface area contributed by atoms with E-state index in [1.54, 1.807) is 18.5 Å². The molecule has 0 unspecified atom stereocenters. The third-order valence-corrected chi connectivity index (χ3v) is 8.24. The van der Waals surface area contributed by atoms with E-state index < -0.39 is 5.82 Å². The van der Waals surface area contributed by atoms with Crippen molar-refractivity contribution in [3.05, 3.63) is 53.2 Å². The number of nitrogens with zero attached hydrogens (tertiary/aromatic N) is 5. The molecule has 9 heteroatoms. The fourth-order valence-electron chi connectivity index (χ4n) is 5.87. The van der Waals surface area contributed by atoms with Gasteiger partial charge in [0.15, 0.2) is 11.6 Å². The van der Waals surface area contributed by atoms with Gasteiger partial charge in [-0.05, 0) is 44.9 Å². The SMILES string of the molecule is CC(C)N1CCN(C2(CNC(=O)c3cn(-c4ncccc4F)c4nccc(Cl)c34)CCCCC2)CC1. The summed E-state index contributed by atoms with van der Waals surface area (Å²) in [7, 11) is 0. The molecule has 1 amide bonds. The summed E-state index contributed by atoms with van der Waals surface area (Å²) < 4.78 is 16.1. The quantitative estimate of drug-likeness (QED) is 0.520. The monoisotopic (exact) mass is 512 g/mol. The van der Waals surface area contributed by atoms with E-state index in [0.29, 0.717) is 34.2 Å². The van der Waals surface area contributed by atoms with Crippen LogP contribution in [0.5, 0.6) is 0 Å². The van der Waals surface area contributed by atoms with Gasteiger partial charge in [-0.15, -0.1) is 0 Å². The van der Waals surface area contributed by atoms with E-state index in [1.165, 1.54) is 42.2 Å². The molecule has 2 fully saturated rings. The van der Waals surface area contributed by atoms with E-state index >= 15 is 0 Å². The van der Waals surface area contributed by atoms with Gasteiger partial charge in [0.25, 0.3) is 5.91 Å². The minimum Gasteiger partial charge on any atom is -0.350 e. The van der Waals surface area contributed by atoms with Crippen LogP contribution >= 0.6 is 11.6 Å². The molecule has 2 aliphatic rings. The molecule has 7 nitrogen and oxygen atoms in total. The van der Waals surface area contributed by atoms with E-state index in [9.17, 15) is 9.18 Å². The number of amides is 1. The predicted octanol–water partition coefficient (Wildman–Crippen LogP) is 4.67. The number of nitrogens with one attached hydrogen (secondary N) is 1. The molecule has 3 aromatic heterocycles. The molecule has 1 aliphatic heterocycles. The van der Waals surface area contributed by atoms with Gasteiger partial charge >= 0.3 is 0 Å². The van der Waals surface area contributed by atoms with E-state index in [1.807, 2.05) is 0 Å².